The second kappa shape index (κ2) is 20.2. The summed E-state index contributed by atoms with van der Waals surface area (Å²) < 4.78 is 12.0. The Kier molecular flexibility index (Phi) is 15.8. The second-order valence-corrected chi connectivity index (χ2v) is 19.1. The molecule has 2 heterocycles. The Balaban J connectivity index is 0.000000236. The van der Waals surface area contributed by atoms with E-state index in [9.17, 15) is 24.0 Å². The summed E-state index contributed by atoms with van der Waals surface area (Å²) in [5.74, 6) is 0.887. The largest absolute Gasteiger partial charge is 0.476 e. The highest BCUT2D eigenvalue weighted by Gasteiger charge is 2.43. The molecule has 3 N–H and O–H groups in total. The standard InChI is InChI=1S/C26H39N3O4.C23H35N3O3/c1-7-23(30)27-13-14-28-21-16-20(18(4)15-22(21)33-26(5,6)25(28)32)24(31)29(17(2)3)19-11-9-8-10-12-19;1-15(2)26(17-9-7-6-8-10-17)21(27)18-14-19-20(13-16(18)3)29-23(4,5)22(28)25(19)12-11-24/h15-17,19H,7-14H2,1-6H3,(H,27,30);13-15,17H,6-12,24H2,1-5H3. The van der Waals surface area contributed by atoms with Crippen molar-refractivity contribution in [3.05, 3.63) is 46.5 Å². The van der Waals surface area contributed by atoms with Crippen molar-refractivity contribution in [1.82, 2.24) is 15.1 Å². The molecule has 0 atom stereocenters. The van der Waals surface area contributed by atoms with Crippen molar-refractivity contribution in [1.29, 1.82) is 0 Å². The molecule has 2 fully saturated rings. The summed E-state index contributed by atoms with van der Waals surface area (Å²) in [5.41, 5.74) is 7.98. The van der Waals surface area contributed by atoms with Gasteiger partial charge in [-0.1, -0.05) is 45.4 Å². The monoisotopic (exact) mass is 859 g/mol. The fraction of sp³-hybridized carbons (Fsp3) is 0.653. The lowest BCUT2D eigenvalue weighted by molar-refractivity contribution is -0.133. The van der Waals surface area contributed by atoms with Crippen molar-refractivity contribution >= 4 is 40.9 Å². The van der Waals surface area contributed by atoms with Crippen LogP contribution in [-0.4, -0.2) is 101 Å². The number of hydrogen-bond donors (Lipinski definition) is 2. The third-order valence-corrected chi connectivity index (χ3v) is 12.8. The van der Waals surface area contributed by atoms with Crippen LogP contribution in [0.3, 0.4) is 0 Å². The molecule has 342 valence electrons. The van der Waals surface area contributed by atoms with Gasteiger partial charge in [0.1, 0.15) is 11.5 Å². The van der Waals surface area contributed by atoms with Crippen LogP contribution < -0.4 is 30.3 Å². The maximum atomic E-state index is 13.8. The lowest BCUT2D eigenvalue weighted by atomic mass is 9.92. The number of fused-ring (bicyclic) bond motifs is 2. The Morgan fingerprint density at radius 1 is 0.694 bits per heavy atom. The molecular formula is C49H74N6O7. The number of carbonyl (C=O) groups excluding carboxylic acids is 5. The maximum absolute atomic E-state index is 13.8. The van der Waals surface area contributed by atoms with Crippen LogP contribution in [0.2, 0.25) is 0 Å². The molecule has 13 nitrogen and oxygen atoms in total. The number of aryl methyl sites for hydroxylation is 2. The van der Waals surface area contributed by atoms with Gasteiger partial charge in [-0.05, 0) is 130 Å². The molecule has 13 heteroatoms. The number of nitrogens with two attached hydrogens (primary N) is 1. The molecule has 4 aliphatic rings. The highest BCUT2D eigenvalue weighted by molar-refractivity contribution is 6.06. The van der Waals surface area contributed by atoms with Gasteiger partial charge in [0.15, 0.2) is 11.2 Å². The first-order valence-electron chi connectivity index (χ1n) is 23.2. The Labute approximate surface area is 370 Å². The molecule has 2 aromatic carbocycles. The molecule has 62 heavy (non-hydrogen) atoms. The first kappa shape index (κ1) is 48.4. The zero-order valence-corrected chi connectivity index (χ0v) is 39.4. The van der Waals surface area contributed by atoms with Crippen molar-refractivity contribution in [3.8, 4) is 11.5 Å². The van der Waals surface area contributed by atoms with Crippen molar-refractivity contribution in [2.45, 2.75) is 182 Å². The summed E-state index contributed by atoms with van der Waals surface area (Å²) >= 11 is 0. The highest BCUT2D eigenvalue weighted by atomic mass is 16.5. The predicted molar refractivity (Wildman–Crippen MR) is 245 cm³/mol. The van der Waals surface area contributed by atoms with Gasteiger partial charge in [0.2, 0.25) is 5.91 Å². The van der Waals surface area contributed by atoms with Crippen molar-refractivity contribution in [3.63, 3.8) is 0 Å². The molecule has 2 aromatic rings. The molecule has 0 radical (unpaired) electrons. The van der Waals surface area contributed by atoms with Crippen LogP contribution in [0.1, 0.15) is 165 Å². The van der Waals surface area contributed by atoms with Crippen LogP contribution >= 0.6 is 0 Å². The molecule has 6 rings (SSSR count). The fourth-order valence-electron chi connectivity index (χ4n) is 9.54. The average Bonchev–Trinajstić information content (AvgIpc) is 3.21. The number of hydrogen-bond acceptors (Lipinski definition) is 8. The summed E-state index contributed by atoms with van der Waals surface area (Å²) in [6.07, 6.45) is 11.7. The lowest BCUT2D eigenvalue weighted by Crippen LogP contribution is -2.54. The summed E-state index contributed by atoms with van der Waals surface area (Å²) in [5, 5.41) is 2.83. The van der Waals surface area contributed by atoms with Gasteiger partial charge < -0.3 is 40.1 Å². The lowest BCUT2D eigenvalue weighted by Gasteiger charge is -2.40. The second-order valence-electron chi connectivity index (χ2n) is 19.1. The van der Waals surface area contributed by atoms with Gasteiger partial charge in [0.25, 0.3) is 23.6 Å². The Morgan fingerprint density at radius 3 is 1.44 bits per heavy atom. The number of anilines is 2. The van der Waals surface area contributed by atoms with Gasteiger partial charge in [0.05, 0.1) is 11.4 Å². The summed E-state index contributed by atoms with van der Waals surface area (Å²) in [4.78, 5) is 72.6. The van der Waals surface area contributed by atoms with E-state index in [-0.39, 0.29) is 53.7 Å². The Bertz CT molecular complexity index is 1960. The number of rotatable bonds is 12. The molecule has 2 aliphatic heterocycles. The Hall–Kier alpha value is -4.65. The predicted octanol–water partition coefficient (Wildman–Crippen LogP) is 7.85. The topological polar surface area (TPSA) is 155 Å². The third-order valence-electron chi connectivity index (χ3n) is 12.8. The quantitative estimate of drug-likeness (QED) is 0.219. The van der Waals surface area contributed by atoms with Gasteiger partial charge in [-0.2, -0.15) is 0 Å². The first-order valence-corrected chi connectivity index (χ1v) is 23.2. The molecule has 2 aliphatic carbocycles. The highest BCUT2D eigenvalue weighted by Crippen LogP contribution is 2.42. The third kappa shape index (κ3) is 10.6. The van der Waals surface area contributed by atoms with Crippen LogP contribution in [0.5, 0.6) is 11.5 Å². The molecule has 0 spiro atoms. The zero-order valence-electron chi connectivity index (χ0n) is 39.4. The molecule has 2 saturated carbocycles. The van der Waals surface area contributed by atoms with E-state index in [0.717, 1.165) is 49.7 Å². The van der Waals surface area contributed by atoms with E-state index in [1.807, 2.05) is 41.8 Å². The number of carbonyl (C=O) groups is 5. The van der Waals surface area contributed by atoms with Crippen LogP contribution in [-0.2, 0) is 14.4 Å². The molecule has 0 saturated heterocycles. The smallest absolute Gasteiger partial charge is 0.270 e. The number of benzene rings is 2. The number of amides is 5. The molecule has 0 bridgehead atoms. The van der Waals surface area contributed by atoms with E-state index in [2.05, 4.69) is 33.0 Å². The van der Waals surface area contributed by atoms with E-state index in [1.165, 1.54) is 25.7 Å². The summed E-state index contributed by atoms with van der Waals surface area (Å²) in [7, 11) is 0. The van der Waals surface area contributed by atoms with Crippen molar-refractivity contribution < 1.29 is 33.4 Å². The first-order chi connectivity index (χ1) is 29.2. The fourth-order valence-corrected chi connectivity index (χ4v) is 9.54. The van der Waals surface area contributed by atoms with Crippen molar-refractivity contribution in [2.75, 3.05) is 36.0 Å². The Morgan fingerprint density at radius 2 is 1.08 bits per heavy atom. The number of nitrogens with one attached hydrogen (secondary N) is 1. The minimum Gasteiger partial charge on any atom is -0.476 e. The van der Waals surface area contributed by atoms with E-state index in [0.29, 0.717) is 66.6 Å². The average molecular weight is 859 g/mol. The summed E-state index contributed by atoms with van der Waals surface area (Å²) in [6.45, 7) is 22.4. The SMILES string of the molecule is CCC(=O)NCCN1C(=O)C(C)(C)Oc2cc(C)c(C(=O)N(C(C)C)C3CCCCC3)cc21.Cc1cc2c(cc1C(=O)N(C(C)C)C1CCCCC1)N(CCN)C(=O)C(C)(C)O2. The van der Waals surface area contributed by atoms with Gasteiger partial charge in [-0.15, -0.1) is 0 Å². The maximum Gasteiger partial charge on any atom is 0.270 e. The number of ether oxygens (including phenoxy) is 2. The van der Waals surface area contributed by atoms with Gasteiger partial charge >= 0.3 is 0 Å². The van der Waals surface area contributed by atoms with E-state index >= 15 is 0 Å². The van der Waals surface area contributed by atoms with Crippen LogP contribution in [0, 0.1) is 13.8 Å². The van der Waals surface area contributed by atoms with Gasteiger partial charge in [0, 0.05) is 67.9 Å². The molecule has 0 unspecified atom stereocenters. The van der Waals surface area contributed by atoms with E-state index < -0.39 is 11.2 Å². The van der Waals surface area contributed by atoms with Gasteiger partial charge in [-0.3, -0.25) is 24.0 Å². The number of nitrogens with zero attached hydrogens (tertiary/aromatic N) is 4. The van der Waals surface area contributed by atoms with E-state index in [1.54, 1.807) is 50.5 Å². The molecule has 0 aromatic heterocycles. The minimum absolute atomic E-state index is 0.00807. The minimum atomic E-state index is -1.02. The molecule has 5 amide bonds. The van der Waals surface area contributed by atoms with Crippen LogP contribution in [0.15, 0.2) is 24.3 Å². The molecular weight excluding hydrogens is 785 g/mol. The zero-order chi connectivity index (χ0) is 45.7. The van der Waals surface area contributed by atoms with E-state index in [4.69, 9.17) is 15.2 Å². The van der Waals surface area contributed by atoms with Crippen LogP contribution in [0.25, 0.3) is 0 Å². The van der Waals surface area contributed by atoms with Crippen molar-refractivity contribution in [2.24, 2.45) is 5.73 Å². The van der Waals surface area contributed by atoms with Crippen LogP contribution in [0.4, 0.5) is 11.4 Å². The van der Waals surface area contributed by atoms with Gasteiger partial charge in [-0.25, -0.2) is 0 Å². The normalized spacial score (nSPS) is 18.5. The summed E-state index contributed by atoms with van der Waals surface area (Å²) in [6, 6.07) is 8.13.